The van der Waals surface area contributed by atoms with E-state index in [0.717, 1.165) is 0 Å². The van der Waals surface area contributed by atoms with Crippen molar-refractivity contribution >= 4 is 0 Å². The van der Waals surface area contributed by atoms with Gasteiger partial charge in [0.05, 0.1) is 0 Å². The van der Waals surface area contributed by atoms with Gasteiger partial charge in [-0.3, -0.25) is 0 Å². The van der Waals surface area contributed by atoms with Gasteiger partial charge >= 0.3 is 0 Å². The average molecular weight is 281 g/mol. The lowest BCUT2D eigenvalue weighted by molar-refractivity contribution is 0.467. The summed E-state index contributed by atoms with van der Waals surface area (Å²) in [5.41, 5.74) is 5.57. The summed E-state index contributed by atoms with van der Waals surface area (Å²) >= 11 is 0. The summed E-state index contributed by atoms with van der Waals surface area (Å²) < 4.78 is 0. The monoisotopic (exact) mass is 281 g/mol. The minimum atomic E-state index is 0.414. The van der Waals surface area contributed by atoms with Crippen LogP contribution in [0.1, 0.15) is 47.9 Å². The molecule has 0 aliphatic heterocycles. The van der Waals surface area contributed by atoms with Crippen LogP contribution < -0.4 is 5.32 Å². The molecule has 0 saturated carbocycles. The largest absolute Gasteiger partial charge is 0.316 e. The van der Waals surface area contributed by atoms with Gasteiger partial charge in [-0.1, -0.05) is 67.4 Å². The second-order valence-electron chi connectivity index (χ2n) is 5.93. The van der Waals surface area contributed by atoms with Gasteiger partial charge in [0.15, 0.2) is 0 Å². The summed E-state index contributed by atoms with van der Waals surface area (Å²) in [7, 11) is 2.08. The van der Waals surface area contributed by atoms with Gasteiger partial charge in [-0.25, -0.2) is 0 Å². The summed E-state index contributed by atoms with van der Waals surface area (Å²) in [6, 6.07) is 18.2. The van der Waals surface area contributed by atoms with E-state index in [9.17, 15) is 0 Å². The summed E-state index contributed by atoms with van der Waals surface area (Å²) in [4.78, 5) is 0. The molecule has 2 aromatic carbocycles. The Morgan fingerprint density at radius 3 is 2.29 bits per heavy atom. The van der Waals surface area contributed by atoms with E-state index in [1.165, 1.54) is 35.1 Å². The standard InChI is InChI=1S/C20H27N/c1-5-9-19(21-4)20(17-10-7-6-8-11-17)18-13-12-15(2)14-16(18)3/h6-8,10-14,19-21H,5,9H2,1-4H3. The average Bonchev–Trinajstić information content (AvgIpc) is 2.49. The van der Waals surface area contributed by atoms with Crippen LogP contribution in [-0.2, 0) is 0 Å². The SMILES string of the molecule is CCCC(NC)C(c1ccccc1)c1ccc(C)cc1C. The fourth-order valence-corrected chi connectivity index (χ4v) is 3.25. The molecular weight excluding hydrogens is 254 g/mol. The molecule has 0 fully saturated rings. The van der Waals surface area contributed by atoms with Crippen molar-refractivity contribution in [1.29, 1.82) is 0 Å². The van der Waals surface area contributed by atoms with E-state index in [0.29, 0.717) is 12.0 Å². The minimum absolute atomic E-state index is 0.414. The molecule has 2 unspecified atom stereocenters. The Morgan fingerprint density at radius 1 is 1.00 bits per heavy atom. The van der Waals surface area contributed by atoms with E-state index < -0.39 is 0 Å². The molecule has 2 atom stereocenters. The number of hydrogen-bond acceptors (Lipinski definition) is 1. The lowest BCUT2D eigenvalue weighted by Crippen LogP contribution is -2.33. The highest BCUT2D eigenvalue weighted by Crippen LogP contribution is 2.32. The molecule has 1 N–H and O–H groups in total. The van der Waals surface area contributed by atoms with E-state index >= 15 is 0 Å². The van der Waals surface area contributed by atoms with E-state index in [2.05, 4.69) is 81.7 Å². The third-order valence-electron chi connectivity index (χ3n) is 4.29. The molecule has 0 aliphatic rings. The highest BCUT2D eigenvalue weighted by atomic mass is 14.9. The predicted molar refractivity (Wildman–Crippen MR) is 92.0 cm³/mol. The maximum atomic E-state index is 3.54. The Labute approximate surface area is 129 Å². The number of rotatable bonds is 6. The number of benzene rings is 2. The van der Waals surface area contributed by atoms with Crippen molar-refractivity contribution in [3.63, 3.8) is 0 Å². The summed E-state index contributed by atoms with van der Waals surface area (Å²) in [6.07, 6.45) is 2.38. The van der Waals surface area contributed by atoms with Crippen molar-refractivity contribution in [1.82, 2.24) is 5.32 Å². The molecule has 1 heteroatoms. The van der Waals surface area contributed by atoms with Crippen LogP contribution in [0.25, 0.3) is 0 Å². The Kier molecular flexibility index (Phi) is 5.58. The number of nitrogens with one attached hydrogen (secondary N) is 1. The van der Waals surface area contributed by atoms with Crippen molar-refractivity contribution in [3.8, 4) is 0 Å². The fraction of sp³-hybridized carbons (Fsp3) is 0.400. The molecule has 0 aliphatic carbocycles. The van der Waals surface area contributed by atoms with Gasteiger partial charge < -0.3 is 5.32 Å². The normalized spacial score (nSPS) is 13.9. The fourth-order valence-electron chi connectivity index (χ4n) is 3.25. The van der Waals surface area contributed by atoms with Crippen LogP contribution in [0.5, 0.6) is 0 Å². The Bertz CT molecular complexity index is 559. The highest BCUT2D eigenvalue weighted by molar-refractivity contribution is 5.40. The second-order valence-corrected chi connectivity index (χ2v) is 5.93. The molecule has 0 amide bonds. The number of hydrogen-bond donors (Lipinski definition) is 1. The zero-order valence-corrected chi connectivity index (χ0v) is 13.7. The maximum absolute atomic E-state index is 3.54. The van der Waals surface area contributed by atoms with Gasteiger partial charge in [0.2, 0.25) is 0 Å². The third kappa shape index (κ3) is 3.74. The molecule has 0 spiro atoms. The van der Waals surface area contributed by atoms with E-state index in [-0.39, 0.29) is 0 Å². The molecule has 21 heavy (non-hydrogen) atoms. The van der Waals surface area contributed by atoms with E-state index in [4.69, 9.17) is 0 Å². The van der Waals surface area contributed by atoms with Crippen molar-refractivity contribution < 1.29 is 0 Å². The molecule has 0 heterocycles. The lowest BCUT2D eigenvalue weighted by atomic mass is 9.81. The Balaban J connectivity index is 2.49. The Morgan fingerprint density at radius 2 is 1.71 bits per heavy atom. The first kappa shape index (κ1) is 15.8. The van der Waals surface area contributed by atoms with Gasteiger partial charge in [-0.2, -0.15) is 0 Å². The summed E-state index contributed by atoms with van der Waals surface area (Å²) in [5, 5.41) is 3.54. The molecule has 2 rings (SSSR count). The van der Waals surface area contributed by atoms with Crippen molar-refractivity contribution in [3.05, 3.63) is 70.8 Å². The molecule has 0 aromatic heterocycles. The molecule has 0 bridgehead atoms. The molecule has 0 saturated heterocycles. The first-order chi connectivity index (χ1) is 10.2. The highest BCUT2D eigenvalue weighted by Gasteiger charge is 2.24. The zero-order chi connectivity index (χ0) is 15.2. The minimum Gasteiger partial charge on any atom is -0.316 e. The van der Waals surface area contributed by atoms with Crippen LogP contribution in [-0.4, -0.2) is 13.1 Å². The van der Waals surface area contributed by atoms with Gasteiger partial charge in [0.1, 0.15) is 0 Å². The number of aryl methyl sites for hydroxylation is 2. The van der Waals surface area contributed by atoms with Crippen LogP contribution in [0.2, 0.25) is 0 Å². The maximum Gasteiger partial charge on any atom is 0.0245 e. The summed E-state index contributed by atoms with van der Waals surface area (Å²) in [6.45, 7) is 6.65. The topological polar surface area (TPSA) is 12.0 Å². The molecular formula is C20H27N. The van der Waals surface area contributed by atoms with Gasteiger partial charge in [0.25, 0.3) is 0 Å². The van der Waals surface area contributed by atoms with Crippen molar-refractivity contribution in [2.75, 3.05) is 7.05 Å². The van der Waals surface area contributed by atoms with Crippen LogP contribution in [0.4, 0.5) is 0 Å². The quantitative estimate of drug-likeness (QED) is 0.800. The van der Waals surface area contributed by atoms with Crippen molar-refractivity contribution in [2.45, 2.75) is 45.6 Å². The van der Waals surface area contributed by atoms with Crippen LogP contribution in [0.3, 0.4) is 0 Å². The van der Waals surface area contributed by atoms with E-state index in [1.54, 1.807) is 0 Å². The van der Waals surface area contributed by atoms with Crippen LogP contribution >= 0.6 is 0 Å². The lowest BCUT2D eigenvalue weighted by Gasteiger charge is -2.29. The smallest absolute Gasteiger partial charge is 0.0245 e. The van der Waals surface area contributed by atoms with Crippen LogP contribution in [0.15, 0.2) is 48.5 Å². The van der Waals surface area contributed by atoms with E-state index in [1.807, 2.05) is 0 Å². The summed E-state index contributed by atoms with van der Waals surface area (Å²) in [5.74, 6) is 0.414. The van der Waals surface area contributed by atoms with Gasteiger partial charge in [0, 0.05) is 12.0 Å². The molecule has 0 radical (unpaired) electrons. The second kappa shape index (κ2) is 7.42. The Hall–Kier alpha value is -1.60. The molecule has 1 nitrogen and oxygen atoms in total. The third-order valence-corrected chi connectivity index (χ3v) is 4.29. The van der Waals surface area contributed by atoms with Crippen molar-refractivity contribution in [2.24, 2.45) is 0 Å². The first-order valence-corrected chi connectivity index (χ1v) is 7.96. The predicted octanol–water partition coefficient (Wildman–Crippen LogP) is 4.82. The number of likely N-dealkylation sites (N-methyl/N-ethyl adjacent to an activating group) is 1. The first-order valence-electron chi connectivity index (χ1n) is 7.96. The molecule has 112 valence electrons. The van der Waals surface area contributed by atoms with Crippen LogP contribution in [0, 0.1) is 13.8 Å². The van der Waals surface area contributed by atoms with Gasteiger partial charge in [-0.05, 0) is 44.0 Å². The van der Waals surface area contributed by atoms with Gasteiger partial charge in [-0.15, -0.1) is 0 Å². The zero-order valence-electron chi connectivity index (χ0n) is 13.7. The molecule has 2 aromatic rings.